The maximum atomic E-state index is 12.5. The first-order valence-electron chi connectivity index (χ1n) is 9.94. The number of benzene rings is 1. The second kappa shape index (κ2) is 10.1. The van der Waals surface area contributed by atoms with Crippen molar-refractivity contribution in [2.45, 2.75) is 47.5 Å². The van der Waals surface area contributed by atoms with E-state index in [1.165, 1.54) is 0 Å². The summed E-state index contributed by atoms with van der Waals surface area (Å²) >= 11 is 0. The molecule has 1 heterocycles. The molecule has 0 bridgehead atoms. The highest BCUT2D eigenvalue weighted by atomic mass is 16.6. The van der Waals surface area contributed by atoms with Gasteiger partial charge in [-0.1, -0.05) is 26.0 Å². The Labute approximate surface area is 176 Å². The molecular weight excluding hydrogens is 386 g/mol. The van der Waals surface area contributed by atoms with Crippen molar-refractivity contribution in [2.75, 3.05) is 19.8 Å². The lowest BCUT2D eigenvalue weighted by molar-refractivity contribution is -0.144. The Hall–Kier alpha value is -3.09. The molecule has 0 aliphatic carbocycles. The standard InChI is InChI=1S/C23H29NO6/c1-7-28-23(27)21-15(5)22(24-16(21)6)18(25)11-30-20(26)12-29-19-10-14(4)8-9-17(19)13(2)3/h8-10,13,24H,7,11-12H2,1-6H3. The van der Waals surface area contributed by atoms with Crippen LogP contribution in [0.1, 0.15) is 69.9 Å². The van der Waals surface area contributed by atoms with Crippen LogP contribution in [-0.4, -0.2) is 42.5 Å². The number of rotatable bonds is 9. The van der Waals surface area contributed by atoms with Crippen LogP contribution in [0.4, 0.5) is 0 Å². The minimum absolute atomic E-state index is 0.227. The van der Waals surface area contributed by atoms with E-state index in [9.17, 15) is 14.4 Å². The molecule has 0 aliphatic heterocycles. The van der Waals surface area contributed by atoms with Gasteiger partial charge in [0.2, 0.25) is 5.78 Å². The van der Waals surface area contributed by atoms with Crippen LogP contribution in [-0.2, 0) is 14.3 Å². The molecular formula is C23H29NO6. The Balaban J connectivity index is 1.98. The molecule has 0 unspecified atom stereocenters. The minimum Gasteiger partial charge on any atom is -0.482 e. The smallest absolute Gasteiger partial charge is 0.344 e. The predicted molar refractivity (Wildman–Crippen MR) is 112 cm³/mol. The summed E-state index contributed by atoms with van der Waals surface area (Å²) in [6, 6.07) is 5.84. The van der Waals surface area contributed by atoms with Crippen LogP contribution < -0.4 is 4.74 Å². The third-order valence-corrected chi connectivity index (χ3v) is 4.70. The Morgan fingerprint density at radius 3 is 2.37 bits per heavy atom. The first-order valence-corrected chi connectivity index (χ1v) is 9.94. The van der Waals surface area contributed by atoms with Crippen LogP contribution in [0.25, 0.3) is 0 Å². The highest BCUT2D eigenvalue weighted by molar-refractivity contribution is 6.02. The van der Waals surface area contributed by atoms with E-state index in [2.05, 4.69) is 4.98 Å². The zero-order chi connectivity index (χ0) is 22.4. The molecule has 0 amide bonds. The molecule has 0 spiro atoms. The number of Topliss-reactive ketones (excluding diaryl/α,β-unsaturated/α-hetero) is 1. The summed E-state index contributed by atoms with van der Waals surface area (Å²) in [5.74, 6) is -0.703. The van der Waals surface area contributed by atoms with Gasteiger partial charge in [-0.25, -0.2) is 9.59 Å². The number of carbonyl (C=O) groups is 3. The lowest BCUT2D eigenvalue weighted by atomic mass is 10.0. The molecule has 0 saturated heterocycles. The SMILES string of the molecule is CCOC(=O)c1c(C)[nH]c(C(=O)COC(=O)COc2cc(C)ccc2C(C)C)c1C. The monoisotopic (exact) mass is 415 g/mol. The first-order chi connectivity index (χ1) is 14.1. The quantitative estimate of drug-likeness (QED) is 0.491. The number of aromatic nitrogens is 1. The van der Waals surface area contributed by atoms with E-state index in [-0.39, 0.29) is 24.8 Å². The second-order valence-corrected chi connectivity index (χ2v) is 7.41. The maximum absolute atomic E-state index is 12.5. The van der Waals surface area contributed by atoms with Crippen LogP contribution in [0.15, 0.2) is 18.2 Å². The number of carbonyl (C=O) groups excluding carboxylic acids is 3. The van der Waals surface area contributed by atoms with Gasteiger partial charge < -0.3 is 19.2 Å². The van der Waals surface area contributed by atoms with Gasteiger partial charge >= 0.3 is 11.9 Å². The van der Waals surface area contributed by atoms with E-state index in [4.69, 9.17) is 14.2 Å². The predicted octanol–water partition coefficient (Wildman–Crippen LogP) is 4.04. The summed E-state index contributed by atoms with van der Waals surface area (Å²) in [5.41, 5.74) is 3.58. The van der Waals surface area contributed by atoms with Gasteiger partial charge in [0.15, 0.2) is 13.2 Å². The molecule has 0 fully saturated rings. The fourth-order valence-corrected chi connectivity index (χ4v) is 3.18. The minimum atomic E-state index is -0.647. The zero-order valence-electron chi connectivity index (χ0n) is 18.4. The van der Waals surface area contributed by atoms with Crippen LogP contribution >= 0.6 is 0 Å². The fraction of sp³-hybridized carbons (Fsp3) is 0.435. The number of aryl methyl sites for hydroxylation is 2. The van der Waals surface area contributed by atoms with Crippen molar-refractivity contribution in [1.29, 1.82) is 0 Å². The number of nitrogens with one attached hydrogen (secondary N) is 1. The number of hydrogen-bond acceptors (Lipinski definition) is 6. The zero-order valence-corrected chi connectivity index (χ0v) is 18.4. The summed E-state index contributed by atoms with van der Waals surface area (Å²) in [5, 5.41) is 0. The van der Waals surface area contributed by atoms with E-state index in [0.29, 0.717) is 22.6 Å². The van der Waals surface area contributed by atoms with Crippen molar-refractivity contribution in [2.24, 2.45) is 0 Å². The third-order valence-electron chi connectivity index (χ3n) is 4.70. The number of ether oxygens (including phenoxy) is 3. The van der Waals surface area contributed by atoms with Crippen molar-refractivity contribution < 1.29 is 28.6 Å². The Morgan fingerprint density at radius 2 is 1.73 bits per heavy atom. The van der Waals surface area contributed by atoms with E-state index >= 15 is 0 Å². The molecule has 162 valence electrons. The number of hydrogen-bond donors (Lipinski definition) is 1. The largest absolute Gasteiger partial charge is 0.482 e. The summed E-state index contributed by atoms with van der Waals surface area (Å²) in [7, 11) is 0. The normalized spacial score (nSPS) is 10.8. The topological polar surface area (TPSA) is 94.7 Å². The highest BCUT2D eigenvalue weighted by Gasteiger charge is 2.23. The maximum Gasteiger partial charge on any atom is 0.344 e. The van der Waals surface area contributed by atoms with E-state index < -0.39 is 24.3 Å². The molecule has 7 heteroatoms. The van der Waals surface area contributed by atoms with Crippen molar-refractivity contribution in [1.82, 2.24) is 4.98 Å². The van der Waals surface area contributed by atoms with Crippen molar-refractivity contribution in [3.05, 3.63) is 51.8 Å². The Bertz CT molecular complexity index is 941. The summed E-state index contributed by atoms with van der Waals surface area (Å²) < 4.78 is 15.7. The molecule has 0 atom stereocenters. The van der Waals surface area contributed by atoms with E-state index in [1.54, 1.807) is 20.8 Å². The van der Waals surface area contributed by atoms with E-state index in [1.807, 2.05) is 39.0 Å². The molecule has 7 nitrogen and oxygen atoms in total. The van der Waals surface area contributed by atoms with Gasteiger partial charge in [0, 0.05) is 5.69 Å². The van der Waals surface area contributed by atoms with Crippen molar-refractivity contribution in [3.63, 3.8) is 0 Å². The van der Waals surface area contributed by atoms with Crippen LogP contribution in [0.3, 0.4) is 0 Å². The summed E-state index contributed by atoms with van der Waals surface area (Å²) in [6.07, 6.45) is 0. The van der Waals surface area contributed by atoms with Crippen molar-refractivity contribution in [3.8, 4) is 5.75 Å². The number of ketones is 1. The second-order valence-electron chi connectivity index (χ2n) is 7.41. The molecule has 0 saturated carbocycles. The third kappa shape index (κ3) is 5.49. The van der Waals surface area contributed by atoms with Gasteiger partial charge in [-0.2, -0.15) is 0 Å². The van der Waals surface area contributed by atoms with E-state index in [0.717, 1.165) is 11.1 Å². The Morgan fingerprint density at radius 1 is 1.03 bits per heavy atom. The molecule has 1 aromatic carbocycles. The highest BCUT2D eigenvalue weighted by Crippen LogP contribution is 2.27. The first kappa shape index (κ1) is 23.2. The van der Waals surface area contributed by atoms with Gasteiger partial charge in [-0.3, -0.25) is 4.79 Å². The van der Waals surface area contributed by atoms with Gasteiger partial charge in [0.25, 0.3) is 0 Å². The van der Waals surface area contributed by atoms with Gasteiger partial charge in [-0.05, 0) is 56.4 Å². The molecule has 1 aromatic heterocycles. The number of esters is 2. The average Bonchev–Trinajstić information content (AvgIpc) is 2.98. The average molecular weight is 415 g/mol. The fourth-order valence-electron chi connectivity index (χ4n) is 3.18. The lowest BCUT2D eigenvalue weighted by Crippen LogP contribution is -2.20. The molecule has 0 radical (unpaired) electrons. The lowest BCUT2D eigenvalue weighted by Gasteiger charge is -2.14. The molecule has 0 aliphatic rings. The van der Waals surface area contributed by atoms with Crippen molar-refractivity contribution >= 4 is 17.7 Å². The summed E-state index contributed by atoms with van der Waals surface area (Å²) in [4.78, 5) is 39.5. The summed E-state index contributed by atoms with van der Waals surface area (Å²) in [6.45, 7) is 10.6. The number of H-pyrrole nitrogens is 1. The van der Waals surface area contributed by atoms with Crippen LogP contribution in [0.2, 0.25) is 0 Å². The molecule has 1 N–H and O–H groups in total. The van der Waals surface area contributed by atoms with Gasteiger partial charge in [-0.15, -0.1) is 0 Å². The Kier molecular flexibility index (Phi) is 7.80. The van der Waals surface area contributed by atoms with Crippen LogP contribution in [0, 0.1) is 20.8 Å². The molecule has 2 rings (SSSR count). The molecule has 30 heavy (non-hydrogen) atoms. The van der Waals surface area contributed by atoms with Crippen LogP contribution in [0.5, 0.6) is 5.75 Å². The molecule has 2 aromatic rings. The number of aromatic amines is 1. The van der Waals surface area contributed by atoms with Gasteiger partial charge in [0.05, 0.1) is 17.9 Å². The van der Waals surface area contributed by atoms with Gasteiger partial charge in [0.1, 0.15) is 5.75 Å².